The first kappa shape index (κ1) is 15.2. The Morgan fingerprint density at radius 2 is 1.96 bits per heavy atom. The second kappa shape index (κ2) is 7.03. The number of aldehydes is 1. The number of rotatable bonds is 5. The Labute approximate surface area is 139 Å². The van der Waals surface area contributed by atoms with Gasteiger partial charge >= 0.3 is 0 Å². The van der Waals surface area contributed by atoms with Crippen LogP contribution in [0.15, 0.2) is 60.9 Å². The van der Waals surface area contributed by atoms with E-state index in [0.717, 1.165) is 17.4 Å². The minimum atomic E-state index is 0.562. The highest BCUT2D eigenvalue weighted by Gasteiger charge is 2.04. The van der Waals surface area contributed by atoms with E-state index >= 15 is 0 Å². The first-order valence-electron chi connectivity index (χ1n) is 7.11. The maximum absolute atomic E-state index is 10.9. The van der Waals surface area contributed by atoms with Crippen molar-refractivity contribution < 1.29 is 4.79 Å². The number of nitrogens with zero attached hydrogens (tertiary/aromatic N) is 2. The SMILES string of the molecule is O=Cc1cccc(-c2cncc(NCc3ccccc3Cl)n2)c1. The van der Waals surface area contributed by atoms with E-state index in [1.165, 1.54) is 0 Å². The Hall–Kier alpha value is -2.72. The number of benzene rings is 2. The Balaban J connectivity index is 1.80. The lowest BCUT2D eigenvalue weighted by molar-refractivity contribution is 0.112. The van der Waals surface area contributed by atoms with Gasteiger partial charge in [-0.3, -0.25) is 9.78 Å². The van der Waals surface area contributed by atoms with Crippen molar-refractivity contribution in [2.75, 3.05) is 5.32 Å². The number of halogens is 1. The monoisotopic (exact) mass is 323 g/mol. The standard InChI is InChI=1S/C18H14ClN3O/c19-16-7-2-1-5-15(16)9-21-18-11-20-10-17(22-18)14-6-3-4-13(8-14)12-23/h1-8,10-12H,9H2,(H,21,22). The first-order valence-corrected chi connectivity index (χ1v) is 7.49. The fraction of sp³-hybridized carbons (Fsp3) is 0.0556. The van der Waals surface area contributed by atoms with Gasteiger partial charge in [0.2, 0.25) is 0 Å². The molecule has 0 spiro atoms. The largest absolute Gasteiger partial charge is 0.365 e. The Morgan fingerprint density at radius 1 is 1.09 bits per heavy atom. The molecular weight excluding hydrogens is 310 g/mol. The summed E-state index contributed by atoms with van der Waals surface area (Å²) in [4.78, 5) is 19.6. The van der Waals surface area contributed by atoms with Gasteiger partial charge in [-0.25, -0.2) is 4.98 Å². The summed E-state index contributed by atoms with van der Waals surface area (Å²) in [5.74, 6) is 0.652. The van der Waals surface area contributed by atoms with Crippen LogP contribution in [0, 0.1) is 0 Å². The predicted molar refractivity (Wildman–Crippen MR) is 91.6 cm³/mol. The lowest BCUT2D eigenvalue weighted by atomic mass is 10.1. The fourth-order valence-corrected chi connectivity index (χ4v) is 2.39. The van der Waals surface area contributed by atoms with Crippen LogP contribution in [0.2, 0.25) is 5.02 Å². The molecule has 114 valence electrons. The zero-order chi connectivity index (χ0) is 16.1. The minimum absolute atomic E-state index is 0.562. The lowest BCUT2D eigenvalue weighted by Gasteiger charge is -2.08. The third-order valence-electron chi connectivity index (χ3n) is 3.37. The van der Waals surface area contributed by atoms with Gasteiger partial charge in [0.05, 0.1) is 18.1 Å². The van der Waals surface area contributed by atoms with E-state index in [4.69, 9.17) is 11.6 Å². The van der Waals surface area contributed by atoms with Crippen LogP contribution in [0.4, 0.5) is 5.82 Å². The number of nitrogens with one attached hydrogen (secondary N) is 1. The summed E-state index contributed by atoms with van der Waals surface area (Å²) in [5, 5.41) is 3.92. The highest BCUT2D eigenvalue weighted by atomic mass is 35.5. The van der Waals surface area contributed by atoms with E-state index in [2.05, 4.69) is 15.3 Å². The van der Waals surface area contributed by atoms with Crippen LogP contribution in [0.5, 0.6) is 0 Å². The summed E-state index contributed by atoms with van der Waals surface area (Å²) in [6, 6.07) is 14.9. The molecule has 4 nitrogen and oxygen atoms in total. The molecule has 5 heteroatoms. The van der Waals surface area contributed by atoms with Crippen molar-refractivity contribution in [3.63, 3.8) is 0 Å². The van der Waals surface area contributed by atoms with Crippen molar-refractivity contribution in [2.24, 2.45) is 0 Å². The van der Waals surface area contributed by atoms with Crippen molar-refractivity contribution in [2.45, 2.75) is 6.54 Å². The predicted octanol–water partition coefficient (Wildman–Crippen LogP) is 4.22. The van der Waals surface area contributed by atoms with E-state index in [-0.39, 0.29) is 0 Å². The maximum Gasteiger partial charge on any atom is 0.150 e. The summed E-state index contributed by atoms with van der Waals surface area (Å²) in [6.45, 7) is 0.562. The molecule has 0 aliphatic heterocycles. The second-order valence-electron chi connectivity index (χ2n) is 4.98. The van der Waals surface area contributed by atoms with Gasteiger partial charge in [0.25, 0.3) is 0 Å². The smallest absolute Gasteiger partial charge is 0.150 e. The molecule has 0 saturated heterocycles. The van der Waals surface area contributed by atoms with Crippen molar-refractivity contribution in [1.29, 1.82) is 0 Å². The zero-order valence-electron chi connectivity index (χ0n) is 12.2. The third-order valence-corrected chi connectivity index (χ3v) is 3.74. The van der Waals surface area contributed by atoms with E-state index in [1.807, 2.05) is 36.4 Å². The molecule has 0 atom stereocenters. The molecule has 0 aliphatic rings. The molecule has 0 saturated carbocycles. The molecule has 1 N–H and O–H groups in total. The third kappa shape index (κ3) is 3.73. The van der Waals surface area contributed by atoms with E-state index < -0.39 is 0 Å². The van der Waals surface area contributed by atoms with Crippen LogP contribution in [0.25, 0.3) is 11.3 Å². The van der Waals surface area contributed by atoms with Gasteiger partial charge in [-0.05, 0) is 17.7 Å². The van der Waals surface area contributed by atoms with E-state index in [1.54, 1.807) is 24.5 Å². The van der Waals surface area contributed by atoms with Gasteiger partial charge in [0.15, 0.2) is 0 Å². The molecule has 23 heavy (non-hydrogen) atoms. The zero-order valence-corrected chi connectivity index (χ0v) is 13.0. The minimum Gasteiger partial charge on any atom is -0.365 e. The van der Waals surface area contributed by atoms with Crippen LogP contribution in [0.1, 0.15) is 15.9 Å². The Morgan fingerprint density at radius 3 is 2.78 bits per heavy atom. The lowest BCUT2D eigenvalue weighted by Crippen LogP contribution is -2.03. The molecule has 0 amide bonds. The van der Waals surface area contributed by atoms with E-state index in [9.17, 15) is 4.79 Å². The van der Waals surface area contributed by atoms with Crippen LogP contribution in [-0.2, 0) is 6.54 Å². The molecule has 3 aromatic rings. The highest BCUT2D eigenvalue weighted by Crippen LogP contribution is 2.20. The van der Waals surface area contributed by atoms with Gasteiger partial charge in [0.1, 0.15) is 12.1 Å². The molecule has 3 rings (SSSR count). The number of hydrogen-bond donors (Lipinski definition) is 1. The van der Waals surface area contributed by atoms with Gasteiger partial charge in [0, 0.05) is 22.7 Å². The Bertz CT molecular complexity index is 836. The van der Waals surface area contributed by atoms with Gasteiger partial charge in [-0.1, -0.05) is 48.0 Å². The van der Waals surface area contributed by atoms with Crippen molar-refractivity contribution in [1.82, 2.24) is 9.97 Å². The molecular formula is C18H14ClN3O. The van der Waals surface area contributed by atoms with E-state index in [0.29, 0.717) is 28.6 Å². The number of carbonyl (C=O) groups is 1. The summed E-state index contributed by atoms with van der Waals surface area (Å²) >= 11 is 6.14. The summed E-state index contributed by atoms with van der Waals surface area (Å²) < 4.78 is 0. The number of aromatic nitrogens is 2. The number of carbonyl (C=O) groups excluding carboxylic acids is 1. The van der Waals surface area contributed by atoms with Crippen molar-refractivity contribution in [3.8, 4) is 11.3 Å². The van der Waals surface area contributed by atoms with Crippen LogP contribution in [-0.4, -0.2) is 16.3 Å². The average Bonchev–Trinajstić information content (AvgIpc) is 2.61. The van der Waals surface area contributed by atoms with Crippen molar-refractivity contribution >= 4 is 23.7 Å². The molecule has 0 unspecified atom stereocenters. The highest BCUT2D eigenvalue weighted by molar-refractivity contribution is 6.31. The molecule has 1 heterocycles. The van der Waals surface area contributed by atoms with Crippen LogP contribution >= 0.6 is 11.6 Å². The van der Waals surface area contributed by atoms with Gasteiger partial charge in [-0.15, -0.1) is 0 Å². The molecule has 1 aromatic heterocycles. The summed E-state index contributed by atoms with van der Waals surface area (Å²) in [7, 11) is 0. The molecule has 2 aromatic carbocycles. The fourth-order valence-electron chi connectivity index (χ4n) is 2.19. The molecule has 0 aliphatic carbocycles. The Kier molecular flexibility index (Phi) is 4.64. The molecule has 0 radical (unpaired) electrons. The quantitative estimate of drug-likeness (QED) is 0.714. The summed E-state index contributed by atoms with van der Waals surface area (Å²) in [5.41, 5.74) is 3.16. The maximum atomic E-state index is 10.9. The first-order chi connectivity index (χ1) is 11.3. The average molecular weight is 324 g/mol. The molecule has 0 fully saturated rings. The van der Waals surface area contributed by atoms with Crippen LogP contribution in [0.3, 0.4) is 0 Å². The molecule has 0 bridgehead atoms. The summed E-state index contributed by atoms with van der Waals surface area (Å²) in [6.07, 6.45) is 4.14. The van der Waals surface area contributed by atoms with Crippen LogP contribution < -0.4 is 5.32 Å². The second-order valence-corrected chi connectivity index (χ2v) is 5.39. The number of hydrogen-bond acceptors (Lipinski definition) is 4. The van der Waals surface area contributed by atoms with Crippen molar-refractivity contribution in [3.05, 3.63) is 77.1 Å². The van der Waals surface area contributed by atoms with Gasteiger partial charge < -0.3 is 5.32 Å². The normalized spacial score (nSPS) is 10.3. The van der Waals surface area contributed by atoms with Gasteiger partial charge in [-0.2, -0.15) is 0 Å². The number of anilines is 1. The topological polar surface area (TPSA) is 54.9 Å².